The Balaban J connectivity index is 2.12. The van der Waals surface area contributed by atoms with Gasteiger partial charge in [0.2, 0.25) is 0 Å². The smallest absolute Gasteiger partial charge is 0.187 e. The van der Waals surface area contributed by atoms with Crippen molar-refractivity contribution in [2.75, 3.05) is 13.1 Å². The molecule has 0 bridgehead atoms. The molecular formula is C11H16BrN3O2. The van der Waals surface area contributed by atoms with E-state index in [1.165, 1.54) is 19.3 Å². The van der Waals surface area contributed by atoms with Gasteiger partial charge in [-0.2, -0.15) is 0 Å². The summed E-state index contributed by atoms with van der Waals surface area (Å²) in [6.45, 7) is 4.10. The number of hydrogen-bond donors (Lipinski definition) is 1. The predicted octanol–water partition coefficient (Wildman–Crippen LogP) is 2.49. The third-order valence-corrected chi connectivity index (χ3v) is 3.55. The fraction of sp³-hybridized carbons (Fsp3) is 0.636. The monoisotopic (exact) mass is 301 g/mol. The van der Waals surface area contributed by atoms with Crippen LogP contribution in [0, 0.1) is 0 Å². The fourth-order valence-corrected chi connectivity index (χ4v) is 2.47. The summed E-state index contributed by atoms with van der Waals surface area (Å²) >= 11 is 3.22. The van der Waals surface area contributed by atoms with E-state index in [1.807, 2.05) is 6.92 Å². The molecule has 1 saturated heterocycles. The quantitative estimate of drug-likeness (QED) is 0.529. The molecule has 1 aliphatic heterocycles. The van der Waals surface area contributed by atoms with Crippen molar-refractivity contribution in [3.05, 3.63) is 16.4 Å². The fourth-order valence-electron chi connectivity index (χ4n) is 2.19. The Morgan fingerprint density at radius 2 is 2.24 bits per heavy atom. The molecule has 5 nitrogen and oxygen atoms in total. The van der Waals surface area contributed by atoms with Crippen molar-refractivity contribution < 1.29 is 9.73 Å². The van der Waals surface area contributed by atoms with Gasteiger partial charge < -0.3 is 9.73 Å². The molecule has 1 fully saturated rings. The molecule has 17 heavy (non-hydrogen) atoms. The van der Waals surface area contributed by atoms with E-state index in [0.29, 0.717) is 16.1 Å². The summed E-state index contributed by atoms with van der Waals surface area (Å²) in [5.74, 6) is 0.512. The van der Waals surface area contributed by atoms with Gasteiger partial charge in [-0.05, 0) is 48.8 Å². The minimum Gasteiger partial charge on any atom is -0.410 e. The van der Waals surface area contributed by atoms with Gasteiger partial charge in [0.25, 0.3) is 0 Å². The Labute approximate surface area is 109 Å². The van der Waals surface area contributed by atoms with Crippen molar-refractivity contribution in [2.24, 2.45) is 5.16 Å². The summed E-state index contributed by atoms with van der Waals surface area (Å²) in [7, 11) is 0. The minimum atomic E-state index is 0.0418. The standard InChI is InChI=1S/C11H16BrN3O2/c1-8(15-5-3-2-4-6-15)11(13-16)9-7-10(12)14-17-9/h7-8,16H,2-6H2,1H3. The van der Waals surface area contributed by atoms with Crippen LogP contribution in [0.5, 0.6) is 0 Å². The van der Waals surface area contributed by atoms with E-state index in [-0.39, 0.29) is 6.04 Å². The van der Waals surface area contributed by atoms with E-state index >= 15 is 0 Å². The number of oxime groups is 1. The van der Waals surface area contributed by atoms with Crippen LogP contribution in [0.15, 0.2) is 20.3 Å². The van der Waals surface area contributed by atoms with E-state index in [2.05, 4.69) is 31.1 Å². The second-order valence-corrected chi connectivity index (χ2v) is 5.08. The lowest BCUT2D eigenvalue weighted by atomic mass is 10.0. The Morgan fingerprint density at radius 1 is 1.53 bits per heavy atom. The van der Waals surface area contributed by atoms with Gasteiger partial charge in [0.05, 0.1) is 6.04 Å². The molecule has 0 saturated carbocycles. The molecule has 2 heterocycles. The van der Waals surface area contributed by atoms with E-state index in [9.17, 15) is 0 Å². The van der Waals surface area contributed by atoms with Gasteiger partial charge in [-0.1, -0.05) is 16.7 Å². The molecule has 0 radical (unpaired) electrons. The summed E-state index contributed by atoms with van der Waals surface area (Å²) in [6.07, 6.45) is 3.68. The van der Waals surface area contributed by atoms with Crippen molar-refractivity contribution in [1.29, 1.82) is 0 Å². The van der Waals surface area contributed by atoms with Crippen LogP contribution in [-0.4, -0.2) is 40.1 Å². The van der Waals surface area contributed by atoms with E-state index < -0.39 is 0 Å². The number of nitrogens with zero attached hydrogens (tertiary/aromatic N) is 3. The second kappa shape index (κ2) is 5.64. The van der Waals surface area contributed by atoms with Crippen LogP contribution in [0.2, 0.25) is 0 Å². The maximum Gasteiger partial charge on any atom is 0.187 e. The number of hydrogen-bond acceptors (Lipinski definition) is 5. The number of likely N-dealkylation sites (tertiary alicyclic amines) is 1. The molecule has 1 aromatic rings. The topological polar surface area (TPSA) is 61.9 Å². The summed E-state index contributed by atoms with van der Waals surface area (Å²) in [5, 5.41) is 16.3. The molecule has 1 unspecified atom stereocenters. The van der Waals surface area contributed by atoms with Crippen LogP contribution in [-0.2, 0) is 0 Å². The van der Waals surface area contributed by atoms with Crippen molar-refractivity contribution in [1.82, 2.24) is 10.1 Å². The van der Waals surface area contributed by atoms with Crippen molar-refractivity contribution in [3.8, 4) is 0 Å². The first-order valence-corrected chi connectivity index (χ1v) is 6.60. The van der Waals surface area contributed by atoms with Gasteiger partial charge in [-0.15, -0.1) is 0 Å². The lowest BCUT2D eigenvalue weighted by molar-refractivity contribution is 0.204. The van der Waals surface area contributed by atoms with Gasteiger partial charge in [-0.3, -0.25) is 4.90 Å². The Bertz CT molecular complexity index is 399. The minimum absolute atomic E-state index is 0.0418. The number of halogens is 1. The Morgan fingerprint density at radius 3 is 2.76 bits per heavy atom. The highest BCUT2D eigenvalue weighted by atomic mass is 79.9. The molecule has 1 aliphatic rings. The van der Waals surface area contributed by atoms with Gasteiger partial charge in [-0.25, -0.2) is 0 Å². The van der Waals surface area contributed by atoms with Crippen LogP contribution < -0.4 is 0 Å². The van der Waals surface area contributed by atoms with E-state index in [4.69, 9.17) is 9.73 Å². The van der Waals surface area contributed by atoms with Gasteiger partial charge in [0, 0.05) is 6.07 Å². The molecule has 1 N–H and O–H groups in total. The molecule has 0 amide bonds. The highest BCUT2D eigenvalue weighted by Gasteiger charge is 2.25. The molecule has 2 rings (SSSR count). The summed E-state index contributed by atoms with van der Waals surface area (Å²) in [4.78, 5) is 2.30. The van der Waals surface area contributed by atoms with Crippen LogP contribution in [0.3, 0.4) is 0 Å². The van der Waals surface area contributed by atoms with E-state index in [0.717, 1.165) is 13.1 Å². The van der Waals surface area contributed by atoms with Crippen molar-refractivity contribution in [2.45, 2.75) is 32.2 Å². The SMILES string of the molecule is CC(C(=NO)c1cc(Br)no1)N1CCCCC1. The highest BCUT2D eigenvalue weighted by Crippen LogP contribution is 2.18. The third kappa shape index (κ3) is 2.87. The average molecular weight is 302 g/mol. The predicted molar refractivity (Wildman–Crippen MR) is 67.4 cm³/mol. The van der Waals surface area contributed by atoms with Crippen LogP contribution in [0.1, 0.15) is 31.9 Å². The van der Waals surface area contributed by atoms with Gasteiger partial charge in [0.1, 0.15) is 10.3 Å². The first-order valence-electron chi connectivity index (χ1n) is 5.81. The molecule has 0 spiro atoms. The molecule has 94 valence electrons. The largest absolute Gasteiger partial charge is 0.410 e. The summed E-state index contributed by atoms with van der Waals surface area (Å²) < 4.78 is 5.73. The van der Waals surface area contributed by atoms with Gasteiger partial charge in [0.15, 0.2) is 5.76 Å². The maximum absolute atomic E-state index is 9.15. The zero-order valence-corrected chi connectivity index (χ0v) is 11.4. The maximum atomic E-state index is 9.15. The number of aromatic nitrogens is 1. The molecule has 6 heteroatoms. The second-order valence-electron chi connectivity index (χ2n) is 4.27. The Hall–Kier alpha value is -0.880. The molecule has 1 atom stereocenters. The molecular weight excluding hydrogens is 286 g/mol. The van der Waals surface area contributed by atoms with Crippen molar-refractivity contribution >= 4 is 21.6 Å². The van der Waals surface area contributed by atoms with Crippen LogP contribution >= 0.6 is 15.9 Å². The number of rotatable bonds is 3. The van der Waals surface area contributed by atoms with Gasteiger partial charge >= 0.3 is 0 Å². The molecule has 0 aliphatic carbocycles. The number of piperidine rings is 1. The zero-order valence-electron chi connectivity index (χ0n) is 9.77. The zero-order chi connectivity index (χ0) is 12.3. The summed E-state index contributed by atoms with van der Waals surface area (Å²) in [5.41, 5.74) is 0.533. The lowest BCUT2D eigenvalue weighted by Crippen LogP contribution is -2.42. The van der Waals surface area contributed by atoms with Crippen molar-refractivity contribution in [3.63, 3.8) is 0 Å². The molecule has 1 aromatic heterocycles. The van der Waals surface area contributed by atoms with Crippen LogP contribution in [0.25, 0.3) is 0 Å². The molecule has 0 aromatic carbocycles. The normalized spacial score (nSPS) is 20.5. The van der Waals surface area contributed by atoms with E-state index in [1.54, 1.807) is 6.07 Å². The lowest BCUT2D eigenvalue weighted by Gasteiger charge is -2.31. The summed E-state index contributed by atoms with van der Waals surface area (Å²) in [6, 6.07) is 1.76. The first kappa shape index (κ1) is 12.6. The average Bonchev–Trinajstić information content (AvgIpc) is 2.78. The highest BCUT2D eigenvalue weighted by molar-refractivity contribution is 9.10. The third-order valence-electron chi connectivity index (χ3n) is 3.18. The Kier molecular flexibility index (Phi) is 4.17. The van der Waals surface area contributed by atoms with Crippen LogP contribution in [0.4, 0.5) is 0 Å². The first-order chi connectivity index (χ1) is 8.22.